The summed E-state index contributed by atoms with van der Waals surface area (Å²) in [7, 11) is 0. The number of nitrogens with zero attached hydrogens (tertiary/aromatic N) is 2. The molecule has 0 unspecified atom stereocenters. The first-order valence-electron chi connectivity index (χ1n) is 6.96. The minimum Gasteiger partial charge on any atom is -0.395 e. The van der Waals surface area contributed by atoms with Crippen molar-refractivity contribution in [3.63, 3.8) is 0 Å². The number of hydrogen-bond donors (Lipinski definition) is 3. The minimum absolute atomic E-state index is 0.0520. The lowest BCUT2D eigenvalue weighted by molar-refractivity contribution is -0.119. The molecular formula is C13H21N5O2. The monoisotopic (exact) mass is 279 g/mol. The average molecular weight is 279 g/mol. The Hall–Kier alpha value is -2.05. The van der Waals surface area contributed by atoms with Gasteiger partial charge in [0.1, 0.15) is 0 Å². The van der Waals surface area contributed by atoms with Crippen LogP contribution in [0.3, 0.4) is 0 Å². The van der Waals surface area contributed by atoms with Crippen molar-refractivity contribution in [2.75, 3.05) is 12.3 Å². The number of amides is 2. The summed E-state index contributed by atoms with van der Waals surface area (Å²) in [4.78, 5) is 25.3. The molecule has 1 fully saturated rings. The van der Waals surface area contributed by atoms with Crippen LogP contribution in [0.15, 0.2) is 0 Å². The van der Waals surface area contributed by atoms with E-state index in [1.165, 1.54) is 4.90 Å². The highest BCUT2D eigenvalue weighted by molar-refractivity contribution is 5.99. The number of primary amides is 1. The first-order chi connectivity index (χ1) is 9.54. The smallest absolute Gasteiger partial charge is 0.277 e. The number of nitrogens with one attached hydrogen (secondary N) is 1. The van der Waals surface area contributed by atoms with E-state index in [1.807, 2.05) is 6.92 Å². The Bertz CT molecular complexity index is 505. The summed E-state index contributed by atoms with van der Waals surface area (Å²) in [5.74, 6) is -0.834. The van der Waals surface area contributed by atoms with E-state index in [0.29, 0.717) is 12.1 Å². The fourth-order valence-electron chi connectivity index (χ4n) is 2.71. The molecule has 0 aliphatic heterocycles. The molecule has 2 rings (SSSR count). The molecule has 110 valence electrons. The van der Waals surface area contributed by atoms with Crippen LogP contribution < -0.4 is 11.5 Å². The van der Waals surface area contributed by atoms with Crippen molar-refractivity contribution in [2.45, 2.75) is 45.1 Å². The first kappa shape index (κ1) is 14.4. The van der Waals surface area contributed by atoms with Gasteiger partial charge in [-0.05, 0) is 19.3 Å². The van der Waals surface area contributed by atoms with Crippen LogP contribution >= 0.6 is 0 Å². The maximum absolute atomic E-state index is 12.6. The number of aryl methyl sites for hydroxylation is 1. The van der Waals surface area contributed by atoms with Gasteiger partial charge in [0.15, 0.2) is 5.69 Å². The second-order valence-electron chi connectivity index (χ2n) is 5.16. The van der Waals surface area contributed by atoms with E-state index in [9.17, 15) is 9.59 Å². The van der Waals surface area contributed by atoms with Crippen molar-refractivity contribution in [2.24, 2.45) is 5.73 Å². The molecule has 0 aromatic carbocycles. The zero-order valence-corrected chi connectivity index (χ0v) is 11.7. The van der Waals surface area contributed by atoms with Crippen LogP contribution in [0.1, 0.15) is 48.8 Å². The summed E-state index contributed by atoms with van der Waals surface area (Å²) >= 11 is 0. The quantitative estimate of drug-likeness (QED) is 0.724. The number of hydrogen-bond acceptors (Lipinski definition) is 4. The van der Waals surface area contributed by atoms with Gasteiger partial charge in [-0.3, -0.25) is 14.7 Å². The van der Waals surface area contributed by atoms with Gasteiger partial charge in [-0.2, -0.15) is 5.10 Å². The van der Waals surface area contributed by atoms with Crippen LogP contribution in [0, 0.1) is 0 Å². The Kier molecular flexibility index (Phi) is 4.26. The third-order valence-corrected chi connectivity index (χ3v) is 3.79. The molecule has 0 bridgehead atoms. The number of carbonyl (C=O) groups excluding carboxylic acids is 2. The van der Waals surface area contributed by atoms with Crippen molar-refractivity contribution in [1.82, 2.24) is 15.1 Å². The Morgan fingerprint density at radius 3 is 2.55 bits per heavy atom. The second-order valence-corrected chi connectivity index (χ2v) is 5.16. The van der Waals surface area contributed by atoms with Crippen molar-refractivity contribution in [3.8, 4) is 0 Å². The molecule has 1 saturated carbocycles. The van der Waals surface area contributed by atoms with Crippen LogP contribution in [0.2, 0.25) is 0 Å². The van der Waals surface area contributed by atoms with E-state index in [2.05, 4.69) is 10.2 Å². The number of anilines is 1. The lowest BCUT2D eigenvalue weighted by Gasteiger charge is -2.27. The van der Waals surface area contributed by atoms with Gasteiger partial charge < -0.3 is 16.4 Å². The number of nitrogen functional groups attached to an aromatic ring is 1. The molecular weight excluding hydrogens is 258 g/mol. The average Bonchev–Trinajstić information content (AvgIpc) is 3.04. The lowest BCUT2D eigenvalue weighted by atomic mass is 10.1. The van der Waals surface area contributed by atoms with E-state index < -0.39 is 5.91 Å². The molecule has 1 aromatic heterocycles. The summed E-state index contributed by atoms with van der Waals surface area (Å²) in [5.41, 5.74) is 12.5. The normalized spacial score (nSPS) is 15.4. The van der Waals surface area contributed by atoms with E-state index in [1.54, 1.807) is 0 Å². The maximum Gasteiger partial charge on any atom is 0.277 e. The van der Waals surface area contributed by atoms with E-state index in [4.69, 9.17) is 11.5 Å². The van der Waals surface area contributed by atoms with Gasteiger partial charge in [0.25, 0.3) is 5.91 Å². The fourth-order valence-corrected chi connectivity index (χ4v) is 2.71. The Morgan fingerprint density at radius 2 is 2.05 bits per heavy atom. The fraction of sp³-hybridized carbons (Fsp3) is 0.615. The van der Waals surface area contributed by atoms with E-state index in [-0.39, 0.29) is 24.2 Å². The first-order valence-corrected chi connectivity index (χ1v) is 6.96. The summed E-state index contributed by atoms with van der Waals surface area (Å²) < 4.78 is 0. The van der Waals surface area contributed by atoms with Gasteiger partial charge >= 0.3 is 0 Å². The van der Waals surface area contributed by atoms with Crippen LogP contribution in [0.4, 0.5) is 5.69 Å². The molecule has 1 heterocycles. The zero-order valence-electron chi connectivity index (χ0n) is 11.7. The summed E-state index contributed by atoms with van der Waals surface area (Å²) in [6.45, 7) is 1.84. The largest absolute Gasteiger partial charge is 0.395 e. The number of H-pyrrole nitrogens is 1. The number of nitrogens with two attached hydrogens (primary N) is 2. The standard InChI is InChI=1S/C13H21N5O2/c1-2-9-11(15)12(17-16-9)13(20)18(7-10(14)19)8-5-3-4-6-8/h8H,2-7,15H2,1H3,(H2,14,19)(H,16,17). The van der Waals surface area contributed by atoms with Gasteiger partial charge in [-0.1, -0.05) is 19.8 Å². The number of rotatable bonds is 5. The van der Waals surface area contributed by atoms with Crippen molar-refractivity contribution in [1.29, 1.82) is 0 Å². The molecule has 0 spiro atoms. The van der Waals surface area contributed by atoms with Gasteiger partial charge in [-0.25, -0.2) is 0 Å². The van der Waals surface area contributed by atoms with Crippen molar-refractivity contribution >= 4 is 17.5 Å². The molecule has 0 atom stereocenters. The molecule has 1 aliphatic carbocycles. The Balaban J connectivity index is 2.24. The minimum atomic E-state index is -0.518. The van der Waals surface area contributed by atoms with Crippen LogP contribution in [-0.4, -0.2) is 39.5 Å². The van der Waals surface area contributed by atoms with E-state index >= 15 is 0 Å². The van der Waals surface area contributed by atoms with E-state index in [0.717, 1.165) is 31.4 Å². The SMILES string of the molecule is CCc1[nH]nc(C(=O)N(CC(N)=O)C2CCCC2)c1N. The molecule has 7 nitrogen and oxygen atoms in total. The second kappa shape index (κ2) is 5.94. The lowest BCUT2D eigenvalue weighted by Crippen LogP contribution is -2.44. The zero-order chi connectivity index (χ0) is 14.7. The van der Waals surface area contributed by atoms with Gasteiger partial charge in [0.05, 0.1) is 17.9 Å². The van der Waals surface area contributed by atoms with Gasteiger partial charge in [-0.15, -0.1) is 0 Å². The maximum atomic E-state index is 12.6. The third kappa shape index (κ3) is 2.76. The highest BCUT2D eigenvalue weighted by atomic mass is 16.2. The topological polar surface area (TPSA) is 118 Å². The van der Waals surface area contributed by atoms with Crippen LogP contribution in [0.25, 0.3) is 0 Å². The highest BCUT2D eigenvalue weighted by Crippen LogP contribution is 2.26. The number of carbonyl (C=O) groups is 2. The number of aromatic amines is 1. The molecule has 0 radical (unpaired) electrons. The summed E-state index contributed by atoms with van der Waals surface area (Å²) in [6, 6.07) is 0.0520. The predicted octanol–water partition coefficient (Wildman–Crippen LogP) is 0.424. The number of aromatic nitrogens is 2. The van der Waals surface area contributed by atoms with Crippen molar-refractivity contribution < 1.29 is 9.59 Å². The molecule has 20 heavy (non-hydrogen) atoms. The van der Waals surface area contributed by atoms with Crippen LogP contribution in [-0.2, 0) is 11.2 Å². The van der Waals surface area contributed by atoms with Crippen molar-refractivity contribution in [3.05, 3.63) is 11.4 Å². The van der Waals surface area contributed by atoms with Crippen LogP contribution in [0.5, 0.6) is 0 Å². The van der Waals surface area contributed by atoms with Gasteiger partial charge in [0, 0.05) is 6.04 Å². The molecule has 0 saturated heterocycles. The molecule has 7 heteroatoms. The molecule has 2 amide bonds. The highest BCUT2D eigenvalue weighted by Gasteiger charge is 2.31. The molecule has 1 aliphatic rings. The predicted molar refractivity (Wildman–Crippen MR) is 74.9 cm³/mol. The summed E-state index contributed by atoms with van der Waals surface area (Å²) in [5, 5.41) is 6.76. The third-order valence-electron chi connectivity index (χ3n) is 3.79. The Morgan fingerprint density at radius 1 is 1.40 bits per heavy atom. The molecule has 5 N–H and O–H groups in total. The van der Waals surface area contributed by atoms with Gasteiger partial charge in [0.2, 0.25) is 5.91 Å². The summed E-state index contributed by atoms with van der Waals surface area (Å²) in [6.07, 6.45) is 4.58. The molecule has 1 aromatic rings. The Labute approximate surface area is 117 Å².